The number of rotatable bonds is 4. The molecule has 0 bridgehead atoms. The summed E-state index contributed by atoms with van der Waals surface area (Å²) in [7, 11) is 0. The zero-order valence-corrected chi connectivity index (χ0v) is 22.4. The maximum absolute atomic E-state index is 13.6. The minimum atomic E-state index is -0.866. The van der Waals surface area contributed by atoms with Crippen LogP contribution in [0.15, 0.2) is 12.1 Å². The number of aromatic amines is 1. The first kappa shape index (κ1) is 26.1. The molecule has 0 fully saturated rings. The van der Waals surface area contributed by atoms with Gasteiger partial charge < -0.3 is 10.1 Å². The monoisotopic (exact) mass is 485 g/mol. The fraction of sp³-hybridized carbons (Fsp3) is 0.560. The van der Waals surface area contributed by atoms with E-state index >= 15 is 0 Å². The largest absolute Gasteiger partial charge is 0.507 e. The van der Waals surface area contributed by atoms with Crippen LogP contribution >= 0.6 is 34.8 Å². The molecular weight excluding hydrogens is 453 g/mol. The zero-order valence-electron chi connectivity index (χ0n) is 20.1. The Labute approximate surface area is 201 Å². The van der Waals surface area contributed by atoms with Crippen LogP contribution in [0, 0.1) is 5.41 Å². The molecule has 0 saturated carbocycles. The molecule has 0 atom stereocenters. The number of benzene rings is 1. The van der Waals surface area contributed by atoms with Gasteiger partial charge in [0, 0.05) is 10.8 Å². The second kappa shape index (κ2) is 8.01. The highest BCUT2D eigenvalue weighted by atomic mass is 35.5. The molecule has 2 aromatic rings. The molecule has 0 saturated heterocycles. The first-order valence-corrected chi connectivity index (χ1v) is 11.5. The minimum absolute atomic E-state index is 0.136. The molecule has 31 heavy (non-hydrogen) atoms. The highest BCUT2D eigenvalue weighted by Crippen LogP contribution is 2.49. The summed E-state index contributed by atoms with van der Waals surface area (Å²) in [6.45, 7) is 20.3. The van der Waals surface area contributed by atoms with Crippen molar-refractivity contribution in [3.8, 4) is 5.75 Å². The van der Waals surface area contributed by atoms with Gasteiger partial charge in [-0.2, -0.15) is 0 Å². The fourth-order valence-corrected chi connectivity index (χ4v) is 4.28. The van der Waals surface area contributed by atoms with Gasteiger partial charge in [-0.15, -0.1) is 0 Å². The molecule has 2 N–H and O–H groups in total. The molecular formula is C25H34Cl3NO2. The number of H-pyrrole nitrogens is 1. The van der Waals surface area contributed by atoms with Gasteiger partial charge in [-0.25, -0.2) is 0 Å². The van der Waals surface area contributed by atoms with E-state index < -0.39 is 10.8 Å². The molecule has 6 heteroatoms. The fourth-order valence-electron chi connectivity index (χ4n) is 3.68. The summed E-state index contributed by atoms with van der Waals surface area (Å²) in [5, 5.41) is 11.5. The van der Waals surface area contributed by atoms with E-state index in [1.807, 2.05) is 39.8 Å². The SMILES string of the molecule is CC(C)(C)c1cc(C(C)(C)C(C)(C)C(=O)c2[nH]c(Cl)c(Cl)c2Cl)cc(C(C)(C)C)c1O. The predicted molar refractivity (Wildman–Crippen MR) is 132 cm³/mol. The lowest BCUT2D eigenvalue weighted by molar-refractivity contribution is 0.0719. The van der Waals surface area contributed by atoms with Gasteiger partial charge in [0.15, 0.2) is 5.78 Å². The number of hydrogen-bond acceptors (Lipinski definition) is 2. The Balaban J connectivity index is 2.75. The van der Waals surface area contributed by atoms with E-state index in [2.05, 4.69) is 46.5 Å². The van der Waals surface area contributed by atoms with E-state index in [9.17, 15) is 9.90 Å². The Morgan fingerprint density at radius 2 is 1.23 bits per heavy atom. The van der Waals surface area contributed by atoms with E-state index in [0.29, 0.717) is 5.75 Å². The molecule has 1 aromatic heterocycles. The molecule has 0 amide bonds. The molecule has 1 heterocycles. The predicted octanol–water partition coefficient (Wildman–Crippen LogP) is 8.46. The third-order valence-corrected chi connectivity index (χ3v) is 7.88. The molecule has 0 radical (unpaired) electrons. The van der Waals surface area contributed by atoms with Crippen LogP contribution in [0.25, 0.3) is 0 Å². The van der Waals surface area contributed by atoms with Crippen LogP contribution in [-0.4, -0.2) is 15.9 Å². The van der Waals surface area contributed by atoms with Gasteiger partial charge in [0.1, 0.15) is 16.6 Å². The van der Waals surface area contributed by atoms with Gasteiger partial charge in [-0.3, -0.25) is 4.79 Å². The average Bonchev–Trinajstić information content (AvgIpc) is 2.86. The standard InChI is InChI=1S/C25H34Cl3NO2/c1-22(2,3)14-11-13(12-15(19(14)30)23(4,5)6)24(7,8)25(9,10)20(31)18-16(26)17(27)21(28)29-18/h11-12,29-30H,1-10H3. The Hall–Kier alpha value is -1.16. The van der Waals surface area contributed by atoms with Crippen molar-refractivity contribution in [2.75, 3.05) is 0 Å². The Morgan fingerprint density at radius 1 is 0.806 bits per heavy atom. The van der Waals surface area contributed by atoms with Crippen LogP contribution in [0.1, 0.15) is 96.4 Å². The molecule has 0 aliphatic heterocycles. The lowest BCUT2D eigenvalue weighted by atomic mass is 9.60. The van der Waals surface area contributed by atoms with Gasteiger partial charge in [0.05, 0.1) is 10.0 Å². The first-order chi connectivity index (χ1) is 13.7. The summed E-state index contributed by atoms with van der Waals surface area (Å²) in [6.07, 6.45) is 0. The minimum Gasteiger partial charge on any atom is -0.507 e. The number of carbonyl (C=O) groups is 1. The van der Waals surface area contributed by atoms with Crippen molar-refractivity contribution in [1.82, 2.24) is 4.98 Å². The highest BCUT2D eigenvalue weighted by Gasteiger charge is 2.47. The van der Waals surface area contributed by atoms with Crippen molar-refractivity contribution in [1.29, 1.82) is 0 Å². The Bertz CT molecular complexity index is 984. The molecule has 0 unspecified atom stereocenters. The summed E-state index contributed by atoms with van der Waals surface area (Å²) in [5.74, 6) is 0.133. The van der Waals surface area contributed by atoms with E-state index in [1.54, 1.807) is 0 Å². The molecule has 0 spiro atoms. The van der Waals surface area contributed by atoms with Crippen LogP contribution in [0.2, 0.25) is 15.2 Å². The number of nitrogens with one attached hydrogen (secondary N) is 1. The number of halogens is 3. The second-order valence-electron chi connectivity index (χ2n) is 11.4. The summed E-state index contributed by atoms with van der Waals surface area (Å²) in [5.41, 5.74) is 0.882. The Morgan fingerprint density at radius 3 is 1.55 bits per heavy atom. The maximum Gasteiger partial charge on any atom is 0.187 e. The summed E-state index contributed by atoms with van der Waals surface area (Å²) >= 11 is 18.5. The lowest BCUT2D eigenvalue weighted by Gasteiger charge is -2.42. The second-order valence-corrected chi connectivity index (χ2v) is 12.6. The van der Waals surface area contributed by atoms with Crippen LogP contribution in [0.5, 0.6) is 5.75 Å². The molecule has 3 nitrogen and oxygen atoms in total. The van der Waals surface area contributed by atoms with Gasteiger partial charge in [-0.1, -0.05) is 116 Å². The van der Waals surface area contributed by atoms with Crippen LogP contribution in [-0.2, 0) is 16.2 Å². The number of aromatic nitrogens is 1. The molecule has 1 aromatic carbocycles. The van der Waals surface area contributed by atoms with Gasteiger partial charge in [0.25, 0.3) is 0 Å². The quantitative estimate of drug-likeness (QED) is 0.426. The van der Waals surface area contributed by atoms with Gasteiger partial charge in [0.2, 0.25) is 0 Å². The third-order valence-electron chi connectivity index (χ3n) is 6.64. The summed E-state index contributed by atoms with van der Waals surface area (Å²) in [4.78, 5) is 16.5. The van der Waals surface area contributed by atoms with Crippen LogP contribution < -0.4 is 0 Å². The van der Waals surface area contributed by atoms with Crippen molar-refractivity contribution >= 4 is 40.6 Å². The number of ketones is 1. The van der Waals surface area contributed by atoms with Crippen molar-refractivity contribution in [2.24, 2.45) is 5.41 Å². The molecule has 0 aliphatic carbocycles. The number of aromatic hydroxyl groups is 1. The zero-order chi connectivity index (χ0) is 24.3. The van der Waals surface area contributed by atoms with Crippen molar-refractivity contribution in [2.45, 2.75) is 85.5 Å². The highest BCUT2D eigenvalue weighted by molar-refractivity contribution is 6.49. The number of Topliss-reactive ketones (excluding diaryl/α,β-unsaturated/α-hetero) is 1. The van der Waals surface area contributed by atoms with Crippen molar-refractivity contribution < 1.29 is 9.90 Å². The number of phenolic OH excluding ortho intramolecular Hbond substituents is 1. The van der Waals surface area contributed by atoms with Crippen LogP contribution in [0.3, 0.4) is 0 Å². The Kier molecular flexibility index (Phi) is 6.74. The normalized spacial score (nSPS) is 13.6. The van der Waals surface area contributed by atoms with E-state index in [-0.39, 0.29) is 37.5 Å². The average molecular weight is 487 g/mol. The first-order valence-electron chi connectivity index (χ1n) is 10.4. The topological polar surface area (TPSA) is 53.1 Å². The number of carbonyl (C=O) groups excluding carboxylic acids is 1. The number of phenols is 1. The molecule has 0 aliphatic rings. The number of hydrogen-bond donors (Lipinski definition) is 2. The van der Waals surface area contributed by atoms with Gasteiger partial charge in [-0.05, 0) is 27.5 Å². The van der Waals surface area contributed by atoms with Crippen molar-refractivity contribution in [3.05, 3.63) is 49.7 Å². The lowest BCUT2D eigenvalue weighted by Crippen LogP contribution is -2.43. The van der Waals surface area contributed by atoms with Gasteiger partial charge >= 0.3 is 0 Å². The van der Waals surface area contributed by atoms with Crippen LogP contribution in [0.4, 0.5) is 0 Å². The molecule has 172 valence electrons. The van der Waals surface area contributed by atoms with E-state index in [0.717, 1.165) is 16.7 Å². The third kappa shape index (κ3) is 4.51. The summed E-state index contributed by atoms with van der Waals surface area (Å²) in [6, 6.07) is 4.05. The smallest absolute Gasteiger partial charge is 0.187 e. The maximum atomic E-state index is 13.6. The van der Waals surface area contributed by atoms with Crippen molar-refractivity contribution in [3.63, 3.8) is 0 Å². The molecule has 2 rings (SSSR count). The summed E-state index contributed by atoms with van der Waals surface area (Å²) < 4.78 is 0. The van der Waals surface area contributed by atoms with E-state index in [4.69, 9.17) is 34.8 Å². The van der Waals surface area contributed by atoms with E-state index in [1.165, 1.54) is 0 Å².